The molecular weight excluding hydrogens is 238 g/mol. The third-order valence-corrected chi connectivity index (χ3v) is 3.47. The zero-order valence-electron chi connectivity index (χ0n) is 11.7. The second-order valence-corrected chi connectivity index (χ2v) is 5.09. The number of aliphatic hydroxyl groups excluding tert-OH is 1. The first kappa shape index (κ1) is 13.9. The Morgan fingerprint density at radius 1 is 1.37 bits per heavy atom. The van der Waals surface area contributed by atoms with Crippen LogP contribution in [-0.4, -0.2) is 23.7 Å². The van der Waals surface area contributed by atoms with E-state index >= 15 is 0 Å². The van der Waals surface area contributed by atoms with Crippen molar-refractivity contribution in [3.8, 4) is 0 Å². The van der Waals surface area contributed by atoms with Gasteiger partial charge in [0.1, 0.15) is 0 Å². The Morgan fingerprint density at radius 3 is 2.63 bits per heavy atom. The van der Waals surface area contributed by atoms with Gasteiger partial charge >= 0.3 is 0 Å². The largest absolute Gasteiger partial charge is 0.392 e. The molecule has 0 aliphatic heterocycles. The molecule has 1 aromatic rings. The van der Waals surface area contributed by atoms with Crippen molar-refractivity contribution in [3.05, 3.63) is 35.4 Å². The lowest BCUT2D eigenvalue weighted by Gasteiger charge is -2.11. The highest BCUT2D eigenvalue weighted by Gasteiger charge is 2.33. The van der Waals surface area contributed by atoms with Crippen molar-refractivity contribution < 1.29 is 5.11 Å². The zero-order chi connectivity index (χ0) is 13.7. The molecule has 2 atom stereocenters. The normalized spacial score (nSPS) is 22.2. The number of hydrogen-bond acceptors (Lipinski definition) is 2. The van der Waals surface area contributed by atoms with Crippen molar-refractivity contribution in [2.45, 2.75) is 39.5 Å². The van der Waals surface area contributed by atoms with E-state index in [1.165, 1.54) is 6.42 Å². The maximum atomic E-state index is 9.30. The molecule has 4 nitrogen and oxygen atoms in total. The predicted molar refractivity (Wildman–Crippen MR) is 77.9 cm³/mol. The average molecular weight is 261 g/mol. The van der Waals surface area contributed by atoms with Crippen molar-refractivity contribution in [3.63, 3.8) is 0 Å². The van der Waals surface area contributed by atoms with Gasteiger partial charge in [0, 0.05) is 12.6 Å². The molecule has 1 fully saturated rings. The van der Waals surface area contributed by atoms with Gasteiger partial charge in [-0.3, -0.25) is 0 Å². The molecule has 0 bridgehead atoms. The number of guanidine groups is 1. The topological polar surface area (TPSA) is 56.7 Å². The Morgan fingerprint density at radius 2 is 2.05 bits per heavy atom. The molecule has 19 heavy (non-hydrogen) atoms. The van der Waals surface area contributed by atoms with Crippen molar-refractivity contribution in [1.29, 1.82) is 0 Å². The van der Waals surface area contributed by atoms with Gasteiger partial charge in [0.25, 0.3) is 0 Å². The minimum Gasteiger partial charge on any atom is -0.392 e. The molecule has 2 unspecified atom stereocenters. The van der Waals surface area contributed by atoms with Crippen LogP contribution in [-0.2, 0) is 13.2 Å². The van der Waals surface area contributed by atoms with Crippen molar-refractivity contribution in [2.24, 2.45) is 10.9 Å². The zero-order valence-corrected chi connectivity index (χ0v) is 11.7. The van der Waals surface area contributed by atoms with Crippen LogP contribution in [0.1, 0.15) is 31.4 Å². The first-order chi connectivity index (χ1) is 9.24. The van der Waals surface area contributed by atoms with Crippen LogP contribution in [0.2, 0.25) is 0 Å². The third kappa shape index (κ3) is 3.96. The van der Waals surface area contributed by atoms with Gasteiger partial charge in [0.05, 0.1) is 13.2 Å². The molecule has 2 rings (SSSR count). The van der Waals surface area contributed by atoms with Gasteiger partial charge in [-0.05, 0) is 30.4 Å². The molecule has 4 heteroatoms. The SMILES string of the molecule is CCNC(=NCc1ccccc1CO)NC1CC1C. The number of benzene rings is 1. The van der Waals surface area contributed by atoms with Gasteiger partial charge in [0.2, 0.25) is 0 Å². The van der Waals surface area contributed by atoms with E-state index in [-0.39, 0.29) is 6.61 Å². The van der Waals surface area contributed by atoms with Crippen LogP contribution >= 0.6 is 0 Å². The minimum absolute atomic E-state index is 0.0648. The lowest BCUT2D eigenvalue weighted by Crippen LogP contribution is -2.39. The molecule has 0 aromatic heterocycles. The maximum absolute atomic E-state index is 9.30. The number of nitrogens with one attached hydrogen (secondary N) is 2. The molecule has 3 N–H and O–H groups in total. The van der Waals surface area contributed by atoms with E-state index in [1.54, 1.807) is 0 Å². The minimum atomic E-state index is 0.0648. The molecule has 1 saturated carbocycles. The molecule has 0 saturated heterocycles. The Balaban J connectivity index is 2.00. The molecular formula is C15H23N3O. The average Bonchev–Trinajstić information content (AvgIpc) is 3.12. The monoisotopic (exact) mass is 261 g/mol. The van der Waals surface area contributed by atoms with E-state index < -0.39 is 0 Å². The van der Waals surface area contributed by atoms with Crippen LogP contribution in [0.3, 0.4) is 0 Å². The number of aliphatic imine (C=N–C) groups is 1. The summed E-state index contributed by atoms with van der Waals surface area (Å²) in [5, 5.41) is 16.0. The fourth-order valence-electron chi connectivity index (χ4n) is 2.05. The van der Waals surface area contributed by atoms with E-state index in [9.17, 15) is 5.11 Å². The Kier molecular flexibility index (Phi) is 4.80. The summed E-state index contributed by atoms with van der Waals surface area (Å²) < 4.78 is 0. The highest BCUT2D eigenvalue weighted by molar-refractivity contribution is 5.80. The van der Waals surface area contributed by atoms with E-state index in [0.29, 0.717) is 12.6 Å². The van der Waals surface area contributed by atoms with E-state index in [1.807, 2.05) is 24.3 Å². The van der Waals surface area contributed by atoms with Crippen LogP contribution in [0.5, 0.6) is 0 Å². The Labute approximate surface area is 114 Å². The van der Waals surface area contributed by atoms with E-state index in [0.717, 1.165) is 29.5 Å². The highest BCUT2D eigenvalue weighted by atomic mass is 16.3. The van der Waals surface area contributed by atoms with Crippen molar-refractivity contribution in [2.75, 3.05) is 6.54 Å². The number of aliphatic hydroxyl groups is 1. The first-order valence-electron chi connectivity index (χ1n) is 6.97. The van der Waals surface area contributed by atoms with Gasteiger partial charge in [-0.15, -0.1) is 0 Å². The molecule has 0 amide bonds. The molecule has 1 aliphatic rings. The first-order valence-corrected chi connectivity index (χ1v) is 6.97. The van der Waals surface area contributed by atoms with Gasteiger partial charge < -0.3 is 15.7 Å². The lowest BCUT2D eigenvalue weighted by atomic mass is 10.1. The van der Waals surface area contributed by atoms with Crippen LogP contribution in [0.25, 0.3) is 0 Å². The van der Waals surface area contributed by atoms with Gasteiger partial charge in [0.15, 0.2) is 5.96 Å². The quantitative estimate of drug-likeness (QED) is 0.558. The Bertz CT molecular complexity index is 445. The van der Waals surface area contributed by atoms with Gasteiger partial charge in [-0.25, -0.2) is 4.99 Å². The third-order valence-electron chi connectivity index (χ3n) is 3.47. The van der Waals surface area contributed by atoms with Crippen molar-refractivity contribution in [1.82, 2.24) is 10.6 Å². The number of nitrogens with zero attached hydrogens (tertiary/aromatic N) is 1. The molecule has 0 spiro atoms. The summed E-state index contributed by atoms with van der Waals surface area (Å²) in [5.41, 5.74) is 2.02. The fourth-order valence-corrected chi connectivity index (χ4v) is 2.05. The molecule has 0 radical (unpaired) electrons. The summed E-state index contributed by atoms with van der Waals surface area (Å²) in [7, 11) is 0. The number of rotatable bonds is 5. The predicted octanol–water partition coefficient (Wildman–Crippen LogP) is 1.64. The smallest absolute Gasteiger partial charge is 0.191 e. The summed E-state index contributed by atoms with van der Waals surface area (Å²) in [4.78, 5) is 4.59. The van der Waals surface area contributed by atoms with Crippen LogP contribution < -0.4 is 10.6 Å². The second-order valence-electron chi connectivity index (χ2n) is 5.09. The molecule has 1 aromatic carbocycles. The summed E-state index contributed by atoms with van der Waals surface area (Å²) >= 11 is 0. The van der Waals surface area contributed by atoms with Crippen molar-refractivity contribution >= 4 is 5.96 Å². The molecule has 104 valence electrons. The highest BCUT2D eigenvalue weighted by Crippen LogP contribution is 2.28. The summed E-state index contributed by atoms with van der Waals surface area (Å²) in [6, 6.07) is 8.43. The summed E-state index contributed by atoms with van der Waals surface area (Å²) in [6.45, 7) is 5.81. The molecule has 0 heterocycles. The van der Waals surface area contributed by atoms with E-state index in [2.05, 4.69) is 29.5 Å². The van der Waals surface area contributed by atoms with Crippen LogP contribution in [0.15, 0.2) is 29.3 Å². The standard InChI is InChI=1S/C15H23N3O/c1-3-16-15(18-14-8-11(14)2)17-9-12-6-4-5-7-13(12)10-19/h4-7,11,14,19H,3,8-10H2,1-2H3,(H2,16,17,18). The second kappa shape index (κ2) is 6.57. The Hall–Kier alpha value is -1.55. The fraction of sp³-hybridized carbons (Fsp3) is 0.533. The lowest BCUT2D eigenvalue weighted by molar-refractivity contribution is 0.280. The van der Waals surface area contributed by atoms with Gasteiger partial charge in [-0.1, -0.05) is 31.2 Å². The van der Waals surface area contributed by atoms with Gasteiger partial charge in [-0.2, -0.15) is 0 Å². The summed E-state index contributed by atoms with van der Waals surface area (Å²) in [6.07, 6.45) is 1.22. The number of hydrogen-bond donors (Lipinski definition) is 3. The maximum Gasteiger partial charge on any atom is 0.191 e. The molecule has 1 aliphatic carbocycles. The van der Waals surface area contributed by atoms with E-state index in [4.69, 9.17) is 0 Å². The van der Waals surface area contributed by atoms with Crippen LogP contribution in [0.4, 0.5) is 0 Å². The summed E-state index contributed by atoms with van der Waals surface area (Å²) in [5.74, 6) is 1.61. The van der Waals surface area contributed by atoms with Crippen LogP contribution in [0, 0.1) is 5.92 Å².